The van der Waals surface area contributed by atoms with Crippen LogP contribution in [0.25, 0.3) is 0 Å². The quantitative estimate of drug-likeness (QED) is 0.419. The summed E-state index contributed by atoms with van der Waals surface area (Å²) in [6.45, 7) is 3.57. The zero-order chi connectivity index (χ0) is 19.1. The zero-order valence-electron chi connectivity index (χ0n) is 14.4. The maximum atomic E-state index is 11.9. The Morgan fingerprint density at radius 2 is 1.96 bits per heavy atom. The van der Waals surface area contributed by atoms with Crippen LogP contribution in [0.2, 0.25) is 0 Å². The molecule has 0 unspecified atom stereocenters. The number of nitrogens with one attached hydrogen (secondary N) is 1. The van der Waals surface area contributed by atoms with E-state index in [1.54, 1.807) is 19.1 Å². The van der Waals surface area contributed by atoms with Gasteiger partial charge in [-0.2, -0.15) is 5.10 Å². The first-order valence-electron chi connectivity index (χ1n) is 7.90. The smallest absolute Gasteiger partial charge is 0.277 e. The van der Waals surface area contributed by atoms with Crippen LogP contribution in [0.15, 0.2) is 52.0 Å². The van der Waals surface area contributed by atoms with Crippen molar-refractivity contribution in [1.82, 2.24) is 5.43 Å². The summed E-state index contributed by atoms with van der Waals surface area (Å²) < 4.78 is 6.26. The van der Waals surface area contributed by atoms with Crippen LogP contribution >= 0.6 is 15.9 Å². The molecule has 7 nitrogen and oxygen atoms in total. The van der Waals surface area contributed by atoms with Crippen LogP contribution in [0.5, 0.6) is 5.75 Å². The molecule has 0 aliphatic heterocycles. The molecule has 26 heavy (non-hydrogen) atoms. The molecule has 136 valence electrons. The third-order valence-corrected chi connectivity index (χ3v) is 4.23. The maximum Gasteiger partial charge on any atom is 0.277 e. The Bertz CT molecular complexity index is 835. The van der Waals surface area contributed by atoms with Crippen LogP contribution in [0.3, 0.4) is 0 Å². The van der Waals surface area contributed by atoms with Crippen LogP contribution in [0, 0.1) is 10.1 Å². The van der Waals surface area contributed by atoms with Gasteiger partial charge in [-0.15, -0.1) is 0 Å². The van der Waals surface area contributed by atoms with E-state index in [2.05, 4.69) is 33.4 Å². The molecule has 2 aromatic rings. The highest BCUT2D eigenvalue weighted by Crippen LogP contribution is 2.26. The second-order valence-corrected chi connectivity index (χ2v) is 6.30. The highest BCUT2D eigenvalue weighted by molar-refractivity contribution is 9.10. The Morgan fingerprint density at radius 3 is 2.54 bits per heavy atom. The Labute approximate surface area is 159 Å². The number of hydrazone groups is 1. The molecule has 0 aliphatic carbocycles. The third-order valence-electron chi connectivity index (χ3n) is 3.61. The molecular weight excluding hydrogens is 402 g/mol. The molecule has 1 N–H and O–H groups in total. The fourth-order valence-corrected chi connectivity index (χ4v) is 2.63. The highest BCUT2D eigenvalue weighted by atomic mass is 79.9. The number of ether oxygens (including phenoxy) is 1. The molecule has 2 aromatic carbocycles. The number of benzene rings is 2. The van der Waals surface area contributed by atoms with Gasteiger partial charge in [0.1, 0.15) is 5.75 Å². The van der Waals surface area contributed by atoms with Crippen molar-refractivity contribution < 1.29 is 14.5 Å². The number of nitro benzene ring substituents is 1. The topological polar surface area (TPSA) is 93.8 Å². The number of nitrogens with zero attached hydrogens (tertiary/aromatic N) is 2. The summed E-state index contributed by atoms with van der Waals surface area (Å²) in [7, 11) is 0. The number of rotatable bonds is 7. The predicted molar refractivity (Wildman–Crippen MR) is 102 cm³/mol. The minimum absolute atomic E-state index is 0.00125. The second-order valence-electron chi connectivity index (χ2n) is 5.44. The fraction of sp³-hybridized carbons (Fsp3) is 0.222. The van der Waals surface area contributed by atoms with Gasteiger partial charge in [0.05, 0.1) is 15.1 Å². The van der Waals surface area contributed by atoms with E-state index in [0.717, 1.165) is 16.5 Å². The van der Waals surface area contributed by atoms with Gasteiger partial charge in [0.25, 0.3) is 11.6 Å². The normalized spacial score (nSPS) is 11.1. The van der Waals surface area contributed by atoms with Crippen molar-refractivity contribution >= 4 is 33.2 Å². The number of carbonyl (C=O) groups is 1. The molecule has 0 saturated carbocycles. The van der Waals surface area contributed by atoms with Gasteiger partial charge >= 0.3 is 0 Å². The van der Waals surface area contributed by atoms with E-state index in [1.807, 2.05) is 18.2 Å². The van der Waals surface area contributed by atoms with Crippen molar-refractivity contribution in [3.63, 3.8) is 0 Å². The van der Waals surface area contributed by atoms with E-state index in [0.29, 0.717) is 17.0 Å². The minimum Gasteiger partial charge on any atom is -0.483 e. The van der Waals surface area contributed by atoms with Gasteiger partial charge in [0.2, 0.25) is 0 Å². The van der Waals surface area contributed by atoms with Crippen LogP contribution < -0.4 is 10.2 Å². The van der Waals surface area contributed by atoms with Crippen molar-refractivity contribution in [3.05, 3.63) is 68.2 Å². The number of hydrogen-bond donors (Lipinski definition) is 1. The molecule has 1 amide bonds. The van der Waals surface area contributed by atoms with Gasteiger partial charge < -0.3 is 4.74 Å². The monoisotopic (exact) mass is 419 g/mol. The standard InChI is InChI=1S/C18H18BrN3O4/c1-3-13-4-9-17(16(19)10-13)26-11-18(23)21-20-12(2)14-5-7-15(8-6-14)22(24)25/h4-10H,3,11H2,1-2H3,(H,21,23). The summed E-state index contributed by atoms with van der Waals surface area (Å²) in [4.78, 5) is 22.1. The van der Waals surface area contributed by atoms with Gasteiger partial charge in [0, 0.05) is 12.1 Å². The summed E-state index contributed by atoms with van der Waals surface area (Å²) in [6.07, 6.45) is 0.913. The summed E-state index contributed by atoms with van der Waals surface area (Å²) in [5.74, 6) is 0.172. The number of nitro groups is 1. The Kier molecular flexibility index (Phi) is 6.85. The summed E-state index contributed by atoms with van der Waals surface area (Å²) >= 11 is 3.41. The molecule has 0 spiro atoms. The second kappa shape index (κ2) is 9.10. The molecule has 2 rings (SSSR count). The van der Waals surface area contributed by atoms with Crippen molar-refractivity contribution in [2.75, 3.05) is 6.61 Å². The lowest BCUT2D eigenvalue weighted by Gasteiger charge is -2.09. The van der Waals surface area contributed by atoms with Gasteiger partial charge in [-0.25, -0.2) is 5.43 Å². The van der Waals surface area contributed by atoms with E-state index in [1.165, 1.54) is 12.1 Å². The van der Waals surface area contributed by atoms with Crippen LogP contribution in [-0.4, -0.2) is 23.1 Å². The van der Waals surface area contributed by atoms with Crippen LogP contribution in [0.4, 0.5) is 5.69 Å². The summed E-state index contributed by atoms with van der Waals surface area (Å²) in [5, 5.41) is 14.6. The molecule has 0 aliphatic rings. The number of aryl methyl sites for hydroxylation is 1. The molecule has 8 heteroatoms. The van der Waals surface area contributed by atoms with Gasteiger partial charge in [-0.1, -0.05) is 13.0 Å². The van der Waals surface area contributed by atoms with Crippen molar-refractivity contribution in [3.8, 4) is 5.75 Å². The average Bonchev–Trinajstić information content (AvgIpc) is 2.65. The molecule has 0 saturated heterocycles. The van der Waals surface area contributed by atoms with E-state index >= 15 is 0 Å². The first kappa shape index (κ1) is 19.6. The number of amides is 1. The first-order valence-corrected chi connectivity index (χ1v) is 8.69. The average molecular weight is 420 g/mol. The maximum absolute atomic E-state index is 11.9. The molecule has 0 radical (unpaired) electrons. The number of halogens is 1. The SMILES string of the molecule is CCc1ccc(OCC(=O)NN=C(C)c2ccc([N+](=O)[O-])cc2)c(Br)c1. The molecule has 0 atom stereocenters. The third kappa shape index (κ3) is 5.38. The number of hydrogen-bond acceptors (Lipinski definition) is 5. The van der Waals surface area contributed by atoms with E-state index < -0.39 is 10.8 Å². The largest absolute Gasteiger partial charge is 0.483 e. The van der Waals surface area contributed by atoms with Crippen molar-refractivity contribution in [1.29, 1.82) is 0 Å². The van der Waals surface area contributed by atoms with Gasteiger partial charge in [-0.05, 0) is 64.7 Å². The van der Waals surface area contributed by atoms with Crippen LogP contribution in [0.1, 0.15) is 25.0 Å². The minimum atomic E-state index is -0.472. The van der Waals surface area contributed by atoms with Gasteiger partial charge in [0.15, 0.2) is 6.61 Å². The van der Waals surface area contributed by atoms with Gasteiger partial charge in [-0.3, -0.25) is 14.9 Å². The zero-order valence-corrected chi connectivity index (χ0v) is 15.9. The molecule has 0 bridgehead atoms. The Hall–Kier alpha value is -2.74. The molecule has 0 fully saturated rings. The highest BCUT2D eigenvalue weighted by Gasteiger charge is 2.08. The molecule has 0 heterocycles. The van der Waals surface area contributed by atoms with E-state index in [-0.39, 0.29) is 12.3 Å². The van der Waals surface area contributed by atoms with Crippen molar-refractivity contribution in [2.45, 2.75) is 20.3 Å². The van der Waals surface area contributed by atoms with Crippen molar-refractivity contribution in [2.24, 2.45) is 5.10 Å². The summed E-state index contributed by atoms with van der Waals surface area (Å²) in [5.41, 5.74) is 4.77. The molecule has 0 aromatic heterocycles. The Balaban J connectivity index is 1.91. The van der Waals surface area contributed by atoms with E-state index in [4.69, 9.17) is 4.74 Å². The lowest BCUT2D eigenvalue weighted by Crippen LogP contribution is -2.25. The predicted octanol–water partition coefficient (Wildman–Crippen LogP) is 3.84. The van der Waals surface area contributed by atoms with E-state index in [9.17, 15) is 14.9 Å². The number of carbonyl (C=O) groups excluding carboxylic acids is 1. The lowest BCUT2D eigenvalue weighted by atomic mass is 10.1. The Morgan fingerprint density at radius 1 is 1.27 bits per heavy atom. The number of non-ortho nitro benzene ring substituents is 1. The molecular formula is C18H18BrN3O4. The van der Waals surface area contributed by atoms with Crippen LogP contribution in [-0.2, 0) is 11.2 Å². The first-order chi connectivity index (χ1) is 12.4. The summed E-state index contributed by atoms with van der Waals surface area (Å²) in [6, 6.07) is 11.6. The lowest BCUT2D eigenvalue weighted by molar-refractivity contribution is -0.384. The fourth-order valence-electron chi connectivity index (χ4n) is 2.09.